The Hall–Kier alpha value is -1.85. The highest BCUT2D eigenvalue weighted by Crippen LogP contribution is 2.20. The van der Waals surface area contributed by atoms with E-state index in [4.69, 9.17) is 14.4 Å². The Labute approximate surface area is 97.9 Å². The van der Waals surface area contributed by atoms with Crippen LogP contribution < -0.4 is 5.48 Å². The van der Waals surface area contributed by atoms with Gasteiger partial charge in [-0.25, -0.2) is 4.79 Å². The summed E-state index contributed by atoms with van der Waals surface area (Å²) in [5.41, 5.74) is 4.37. The largest absolute Gasteiger partial charge is 0.475 e. The highest BCUT2D eigenvalue weighted by molar-refractivity contribution is 5.91. The summed E-state index contributed by atoms with van der Waals surface area (Å²) < 4.78 is 5.16. The van der Waals surface area contributed by atoms with Crippen molar-refractivity contribution in [2.75, 3.05) is 6.61 Å². The fourth-order valence-electron chi connectivity index (χ4n) is 1.54. The number of furan rings is 1. The van der Waals surface area contributed by atoms with E-state index < -0.39 is 5.97 Å². The number of hydrogen-bond donors (Lipinski definition) is 2. The van der Waals surface area contributed by atoms with Crippen molar-refractivity contribution in [3.8, 4) is 0 Å². The fourth-order valence-corrected chi connectivity index (χ4v) is 1.54. The number of nitrogens with one attached hydrogen (secondary N) is 1. The first-order chi connectivity index (χ1) is 8.20. The first-order valence-corrected chi connectivity index (χ1v) is 5.31. The molecule has 1 heterocycles. The molecule has 0 unspecified atom stereocenters. The zero-order valence-corrected chi connectivity index (χ0v) is 9.40. The van der Waals surface area contributed by atoms with Crippen LogP contribution in [0.15, 0.2) is 28.7 Å². The molecule has 0 aliphatic carbocycles. The average Bonchev–Trinajstić information content (AvgIpc) is 2.72. The van der Waals surface area contributed by atoms with Crippen LogP contribution in [-0.4, -0.2) is 17.7 Å². The smallest absolute Gasteiger partial charge is 0.371 e. The summed E-state index contributed by atoms with van der Waals surface area (Å²) in [5.74, 6) is -1.11. The van der Waals surface area contributed by atoms with Crippen LogP contribution in [0.2, 0.25) is 0 Å². The standard InChI is InChI=1S/C12H13NO4/c1-2-16-13-7-8-3-4-10-9(5-8)6-11(17-10)12(14)15/h3-6,13H,2,7H2,1H3,(H,14,15). The van der Waals surface area contributed by atoms with Gasteiger partial charge in [0, 0.05) is 11.9 Å². The Kier molecular flexibility index (Phi) is 3.41. The highest BCUT2D eigenvalue weighted by atomic mass is 16.6. The minimum atomic E-state index is -1.06. The van der Waals surface area contributed by atoms with Gasteiger partial charge in [-0.15, -0.1) is 0 Å². The maximum absolute atomic E-state index is 10.7. The zero-order valence-electron chi connectivity index (χ0n) is 9.40. The number of aromatic carboxylic acids is 1. The second-order valence-electron chi connectivity index (χ2n) is 3.54. The van der Waals surface area contributed by atoms with Crippen LogP contribution in [0.25, 0.3) is 11.0 Å². The van der Waals surface area contributed by atoms with Gasteiger partial charge in [-0.3, -0.25) is 0 Å². The molecule has 90 valence electrons. The molecule has 1 aromatic carbocycles. The summed E-state index contributed by atoms with van der Waals surface area (Å²) in [4.78, 5) is 15.8. The van der Waals surface area contributed by atoms with Gasteiger partial charge < -0.3 is 14.4 Å². The van der Waals surface area contributed by atoms with Crippen LogP contribution in [0.3, 0.4) is 0 Å². The molecule has 2 aromatic rings. The van der Waals surface area contributed by atoms with Gasteiger partial charge >= 0.3 is 5.97 Å². The van der Waals surface area contributed by atoms with Crippen LogP contribution >= 0.6 is 0 Å². The molecule has 0 saturated heterocycles. The minimum Gasteiger partial charge on any atom is -0.475 e. The Morgan fingerprint density at radius 2 is 2.29 bits per heavy atom. The Bertz CT molecular complexity index is 532. The van der Waals surface area contributed by atoms with Gasteiger partial charge in [0.1, 0.15) is 5.58 Å². The van der Waals surface area contributed by atoms with E-state index in [1.54, 1.807) is 6.07 Å². The molecule has 0 atom stereocenters. The molecule has 0 saturated carbocycles. The van der Waals surface area contributed by atoms with Crippen molar-refractivity contribution in [2.45, 2.75) is 13.5 Å². The summed E-state index contributed by atoms with van der Waals surface area (Å²) in [6, 6.07) is 7.01. The molecule has 2 N–H and O–H groups in total. The van der Waals surface area contributed by atoms with Crippen molar-refractivity contribution in [3.63, 3.8) is 0 Å². The van der Waals surface area contributed by atoms with Crippen LogP contribution in [0.5, 0.6) is 0 Å². The lowest BCUT2D eigenvalue weighted by Gasteiger charge is -2.03. The molecule has 17 heavy (non-hydrogen) atoms. The van der Waals surface area contributed by atoms with Crippen molar-refractivity contribution in [1.82, 2.24) is 5.48 Å². The van der Waals surface area contributed by atoms with Crippen molar-refractivity contribution >= 4 is 16.9 Å². The van der Waals surface area contributed by atoms with Gasteiger partial charge in [-0.2, -0.15) is 5.48 Å². The summed E-state index contributed by atoms with van der Waals surface area (Å²) in [6.45, 7) is 3.06. The van der Waals surface area contributed by atoms with Gasteiger partial charge in [0.05, 0.1) is 6.61 Å². The van der Waals surface area contributed by atoms with Crippen molar-refractivity contribution in [1.29, 1.82) is 0 Å². The quantitative estimate of drug-likeness (QED) is 0.613. The molecule has 1 aromatic heterocycles. The normalized spacial score (nSPS) is 10.9. The topological polar surface area (TPSA) is 71.7 Å². The fraction of sp³-hybridized carbons (Fsp3) is 0.250. The van der Waals surface area contributed by atoms with E-state index >= 15 is 0 Å². The number of fused-ring (bicyclic) bond motifs is 1. The van der Waals surface area contributed by atoms with Gasteiger partial charge in [0.2, 0.25) is 5.76 Å². The predicted octanol–water partition coefficient (Wildman–Crippen LogP) is 2.17. The molecular weight excluding hydrogens is 222 g/mol. The lowest BCUT2D eigenvalue weighted by molar-refractivity contribution is 0.0463. The van der Waals surface area contributed by atoms with E-state index in [2.05, 4.69) is 5.48 Å². The number of rotatable bonds is 5. The highest BCUT2D eigenvalue weighted by Gasteiger charge is 2.10. The van der Waals surface area contributed by atoms with E-state index in [0.717, 1.165) is 10.9 Å². The number of carboxylic acid groups (broad SMARTS) is 1. The second-order valence-corrected chi connectivity index (χ2v) is 3.54. The SMILES string of the molecule is CCONCc1ccc2oc(C(=O)O)cc2c1. The second kappa shape index (κ2) is 4.99. The lowest BCUT2D eigenvalue weighted by atomic mass is 10.1. The van der Waals surface area contributed by atoms with E-state index in [-0.39, 0.29) is 5.76 Å². The van der Waals surface area contributed by atoms with Crippen molar-refractivity contribution < 1.29 is 19.2 Å². The number of carbonyl (C=O) groups is 1. The molecule has 2 rings (SSSR count). The van der Waals surface area contributed by atoms with Gasteiger partial charge in [0.15, 0.2) is 0 Å². The first-order valence-electron chi connectivity index (χ1n) is 5.31. The molecule has 5 heteroatoms. The van der Waals surface area contributed by atoms with E-state index in [9.17, 15) is 4.79 Å². The molecule has 0 fully saturated rings. The molecule has 0 aliphatic heterocycles. The van der Waals surface area contributed by atoms with E-state index in [1.165, 1.54) is 6.07 Å². The average molecular weight is 235 g/mol. The zero-order chi connectivity index (χ0) is 12.3. The summed E-state index contributed by atoms with van der Waals surface area (Å²) in [5, 5.41) is 9.58. The van der Waals surface area contributed by atoms with E-state index in [1.807, 2.05) is 19.1 Å². The van der Waals surface area contributed by atoms with Crippen molar-refractivity contribution in [3.05, 3.63) is 35.6 Å². The minimum absolute atomic E-state index is 0.0464. The van der Waals surface area contributed by atoms with E-state index in [0.29, 0.717) is 18.7 Å². The van der Waals surface area contributed by atoms with Gasteiger partial charge in [-0.05, 0) is 30.7 Å². The molecule has 5 nitrogen and oxygen atoms in total. The third-order valence-corrected chi connectivity index (χ3v) is 2.31. The summed E-state index contributed by atoms with van der Waals surface area (Å²) >= 11 is 0. The van der Waals surface area contributed by atoms with Gasteiger partial charge in [-0.1, -0.05) is 6.07 Å². The number of carboxylic acids is 1. The van der Waals surface area contributed by atoms with Crippen LogP contribution in [0, 0.1) is 0 Å². The Balaban J connectivity index is 2.21. The molecule has 0 amide bonds. The monoisotopic (exact) mass is 235 g/mol. The summed E-state index contributed by atoms with van der Waals surface area (Å²) in [6.07, 6.45) is 0. The summed E-state index contributed by atoms with van der Waals surface area (Å²) in [7, 11) is 0. The number of hydroxylamine groups is 1. The first kappa shape index (κ1) is 11.6. The van der Waals surface area contributed by atoms with Crippen LogP contribution in [0.4, 0.5) is 0 Å². The molecule has 0 bridgehead atoms. The Morgan fingerprint density at radius 3 is 3.00 bits per heavy atom. The third-order valence-electron chi connectivity index (χ3n) is 2.31. The molecular formula is C12H13NO4. The molecule has 0 aliphatic rings. The maximum atomic E-state index is 10.7. The Morgan fingerprint density at radius 1 is 1.47 bits per heavy atom. The lowest BCUT2D eigenvalue weighted by Crippen LogP contribution is -2.13. The predicted molar refractivity (Wildman–Crippen MR) is 61.6 cm³/mol. The van der Waals surface area contributed by atoms with Gasteiger partial charge in [0.25, 0.3) is 0 Å². The third kappa shape index (κ3) is 2.64. The van der Waals surface area contributed by atoms with Crippen LogP contribution in [-0.2, 0) is 11.4 Å². The maximum Gasteiger partial charge on any atom is 0.371 e. The molecule has 0 radical (unpaired) electrons. The molecule has 0 spiro atoms. The van der Waals surface area contributed by atoms with Crippen molar-refractivity contribution in [2.24, 2.45) is 0 Å². The number of hydrogen-bond acceptors (Lipinski definition) is 4. The number of benzene rings is 1. The van der Waals surface area contributed by atoms with Crippen LogP contribution in [0.1, 0.15) is 23.0 Å².